The smallest absolute Gasteiger partial charge is 0.416 e. The number of nitrogens with zero attached hydrogens (tertiary/aromatic N) is 2. The Morgan fingerprint density at radius 1 is 0.897 bits per heavy atom. The molecule has 0 amide bonds. The molecule has 0 atom stereocenters. The average molecular weight is 416 g/mol. The van der Waals surface area contributed by atoms with Gasteiger partial charge in [0.15, 0.2) is 7.14 Å². The van der Waals surface area contributed by atoms with E-state index in [0.29, 0.717) is 16.6 Å². The van der Waals surface area contributed by atoms with Crippen LogP contribution < -0.4 is 10.0 Å². The second-order valence-electron chi connectivity index (χ2n) is 5.96. The molecule has 148 valence electrons. The number of rotatable bonds is 6. The Kier molecular flexibility index (Phi) is 5.71. The molecule has 0 N–H and O–H groups in total. The van der Waals surface area contributed by atoms with E-state index in [1.807, 2.05) is 0 Å². The highest BCUT2D eigenvalue weighted by atomic mass is 31.2. The highest BCUT2D eigenvalue weighted by Gasteiger charge is 2.30. The molecule has 0 bridgehead atoms. The Balaban J connectivity index is 1.90. The molecule has 0 saturated heterocycles. The topological polar surface area (TPSA) is 52.1 Å². The van der Waals surface area contributed by atoms with E-state index in [9.17, 15) is 17.7 Å². The summed E-state index contributed by atoms with van der Waals surface area (Å²) in [5.74, 6) is 3.07. The van der Waals surface area contributed by atoms with E-state index in [2.05, 4.69) is 23.1 Å². The number of alkyl halides is 3. The lowest BCUT2D eigenvalue weighted by Crippen LogP contribution is -2.04. The van der Waals surface area contributed by atoms with Crippen LogP contribution >= 0.6 is 7.14 Å². The lowest BCUT2D eigenvalue weighted by molar-refractivity contribution is -0.137. The molecule has 2 aromatic carbocycles. The van der Waals surface area contributed by atoms with E-state index in [4.69, 9.17) is 4.74 Å². The zero-order chi connectivity index (χ0) is 21.1. The normalized spacial score (nSPS) is 11.7. The Morgan fingerprint density at radius 2 is 1.48 bits per heavy atom. The Labute approximate surface area is 165 Å². The summed E-state index contributed by atoms with van der Waals surface area (Å²) in [6, 6.07) is 11.1. The molecular formula is C21H16F3N2O2P. The van der Waals surface area contributed by atoms with Crippen LogP contribution in [0.5, 0.6) is 11.6 Å². The first kappa shape index (κ1) is 20.6. The summed E-state index contributed by atoms with van der Waals surface area (Å²) >= 11 is 0. The molecule has 0 aliphatic rings. The van der Waals surface area contributed by atoms with Crippen molar-refractivity contribution < 1.29 is 22.5 Å². The van der Waals surface area contributed by atoms with Gasteiger partial charge in [0.1, 0.15) is 11.4 Å². The van der Waals surface area contributed by atoms with E-state index >= 15 is 0 Å². The first-order valence-corrected chi connectivity index (χ1v) is 10.2. The van der Waals surface area contributed by atoms with E-state index in [-0.39, 0.29) is 11.6 Å². The van der Waals surface area contributed by atoms with Crippen molar-refractivity contribution in [2.45, 2.75) is 6.18 Å². The molecule has 0 saturated carbocycles. The molecule has 0 unspecified atom stereocenters. The Hall–Kier alpha value is -3.18. The third-order valence-corrected chi connectivity index (χ3v) is 6.34. The van der Waals surface area contributed by atoms with Crippen LogP contribution in [0.2, 0.25) is 0 Å². The minimum absolute atomic E-state index is 0.135. The zero-order valence-electron chi connectivity index (χ0n) is 15.1. The minimum atomic E-state index is -4.42. The predicted molar refractivity (Wildman–Crippen MR) is 107 cm³/mol. The average Bonchev–Trinajstić information content (AvgIpc) is 2.73. The maximum Gasteiger partial charge on any atom is 0.416 e. The van der Waals surface area contributed by atoms with Gasteiger partial charge in [-0.3, -0.25) is 0 Å². The van der Waals surface area contributed by atoms with Crippen LogP contribution in [0.25, 0.3) is 11.3 Å². The van der Waals surface area contributed by atoms with Crippen LogP contribution in [0.3, 0.4) is 0 Å². The van der Waals surface area contributed by atoms with Gasteiger partial charge in [0.2, 0.25) is 5.88 Å². The number of halogens is 3. The number of ether oxygens (including phenoxy) is 1. The number of aromatic nitrogens is 2. The van der Waals surface area contributed by atoms with Crippen molar-refractivity contribution in [3.05, 3.63) is 91.3 Å². The molecule has 29 heavy (non-hydrogen) atoms. The summed E-state index contributed by atoms with van der Waals surface area (Å²) in [7, 11) is -2.86. The molecule has 0 fully saturated rings. The van der Waals surface area contributed by atoms with Gasteiger partial charge in [0.25, 0.3) is 0 Å². The van der Waals surface area contributed by atoms with Gasteiger partial charge >= 0.3 is 6.18 Å². The summed E-state index contributed by atoms with van der Waals surface area (Å²) in [5, 5.41) is 0.570. The summed E-state index contributed by atoms with van der Waals surface area (Å²) in [5.41, 5.74) is 0.267. The first-order chi connectivity index (χ1) is 13.8. The largest absolute Gasteiger partial charge is 0.437 e. The lowest BCUT2D eigenvalue weighted by atomic mass is 10.1. The van der Waals surface area contributed by atoms with Crippen molar-refractivity contribution in [2.75, 3.05) is 0 Å². The summed E-state index contributed by atoms with van der Waals surface area (Å²) in [6.45, 7) is 7.19. The van der Waals surface area contributed by atoms with Gasteiger partial charge in [-0.05, 0) is 35.9 Å². The molecule has 0 aliphatic carbocycles. The van der Waals surface area contributed by atoms with Gasteiger partial charge in [0, 0.05) is 23.3 Å². The van der Waals surface area contributed by atoms with Gasteiger partial charge < -0.3 is 9.30 Å². The van der Waals surface area contributed by atoms with E-state index in [1.54, 1.807) is 24.3 Å². The van der Waals surface area contributed by atoms with Gasteiger partial charge in [-0.1, -0.05) is 37.4 Å². The molecule has 0 aliphatic heterocycles. The SMILES string of the molecule is C=CP(=O)(C=C)c1ccc(-c2nccnc2Oc2ccc(C(F)(F)F)cc2)cc1. The van der Waals surface area contributed by atoms with Crippen LogP contribution in [-0.2, 0) is 10.7 Å². The van der Waals surface area contributed by atoms with Crippen LogP contribution in [-0.4, -0.2) is 9.97 Å². The van der Waals surface area contributed by atoms with Crippen LogP contribution in [0, 0.1) is 0 Å². The van der Waals surface area contributed by atoms with Crippen LogP contribution in [0.15, 0.2) is 85.7 Å². The monoisotopic (exact) mass is 416 g/mol. The van der Waals surface area contributed by atoms with Gasteiger partial charge in [-0.2, -0.15) is 13.2 Å². The number of benzene rings is 2. The van der Waals surface area contributed by atoms with Crippen molar-refractivity contribution in [3.63, 3.8) is 0 Å². The maximum atomic E-state index is 12.7. The van der Waals surface area contributed by atoms with E-state index in [1.165, 1.54) is 36.2 Å². The van der Waals surface area contributed by atoms with Gasteiger partial charge in [0.05, 0.1) is 5.56 Å². The molecule has 0 spiro atoms. The minimum Gasteiger partial charge on any atom is -0.437 e. The van der Waals surface area contributed by atoms with Crippen molar-refractivity contribution in [1.82, 2.24) is 9.97 Å². The molecule has 3 rings (SSSR count). The van der Waals surface area contributed by atoms with E-state index in [0.717, 1.165) is 12.1 Å². The highest BCUT2D eigenvalue weighted by molar-refractivity contribution is 7.77. The Bertz CT molecular complexity index is 1070. The van der Waals surface area contributed by atoms with Crippen LogP contribution in [0.1, 0.15) is 5.56 Å². The standard InChI is InChI=1S/C21H16F3N2O2P/c1-3-29(27,4-2)18-11-5-15(6-12-18)19-20(26-14-13-25-19)28-17-9-7-16(8-10-17)21(22,23)24/h3-14H,1-2H2. The van der Waals surface area contributed by atoms with Crippen molar-refractivity contribution in [1.29, 1.82) is 0 Å². The zero-order valence-corrected chi connectivity index (χ0v) is 16.0. The van der Waals surface area contributed by atoms with Crippen molar-refractivity contribution in [3.8, 4) is 22.9 Å². The molecular weight excluding hydrogens is 400 g/mol. The van der Waals surface area contributed by atoms with Crippen molar-refractivity contribution >= 4 is 12.4 Å². The fourth-order valence-electron chi connectivity index (χ4n) is 2.56. The van der Waals surface area contributed by atoms with Gasteiger partial charge in [-0.25, -0.2) is 9.97 Å². The fraction of sp³-hybridized carbons (Fsp3) is 0.0476. The quantitative estimate of drug-likeness (QED) is 0.447. The summed E-state index contributed by atoms with van der Waals surface area (Å²) in [4.78, 5) is 8.39. The summed E-state index contributed by atoms with van der Waals surface area (Å²) < 4.78 is 56.4. The fourth-order valence-corrected chi connectivity index (χ4v) is 3.74. The molecule has 1 aromatic heterocycles. The second-order valence-corrected chi connectivity index (χ2v) is 8.62. The molecule has 8 heteroatoms. The lowest BCUT2D eigenvalue weighted by Gasteiger charge is -2.12. The highest BCUT2D eigenvalue weighted by Crippen LogP contribution is 2.46. The third-order valence-electron chi connectivity index (χ3n) is 4.15. The Morgan fingerprint density at radius 3 is 2.03 bits per heavy atom. The molecule has 3 aromatic rings. The molecule has 1 heterocycles. The third kappa shape index (κ3) is 4.46. The van der Waals surface area contributed by atoms with Crippen molar-refractivity contribution in [2.24, 2.45) is 0 Å². The molecule has 0 radical (unpaired) electrons. The predicted octanol–water partition coefficient (Wildman–Crippen LogP) is 6.23. The second kappa shape index (κ2) is 8.05. The maximum absolute atomic E-state index is 12.7. The summed E-state index contributed by atoms with van der Waals surface area (Å²) in [6.07, 6.45) is -1.53. The van der Waals surface area contributed by atoms with Crippen LogP contribution in [0.4, 0.5) is 13.2 Å². The number of hydrogen-bond acceptors (Lipinski definition) is 4. The van der Waals surface area contributed by atoms with E-state index < -0.39 is 18.9 Å². The molecule has 4 nitrogen and oxygen atoms in total. The number of hydrogen-bond donors (Lipinski definition) is 0. The first-order valence-electron chi connectivity index (χ1n) is 8.40. The van der Waals surface area contributed by atoms with Gasteiger partial charge in [-0.15, -0.1) is 0 Å².